The number of esters is 1. The third-order valence-electron chi connectivity index (χ3n) is 6.62. The number of methoxy groups -OCH3 is 1. The van der Waals surface area contributed by atoms with Crippen molar-refractivity contribution in [3.8, 4) is 22.6 Å². The Bertz CT molecular complexity index is 1230. The minimum Gasteiger partial charge on any atom is -0.493 e. The lowest BCUT2D eigenvalue weighted by Gasteiger charge is -2.19. The van der Waals surface area contributed by atoms with Gasteiger partial charge in [0.2, 0.25) is 0 Å². The number of fused-ring (bicyclic) bond motifs is 3. The molecule has 3 aromatic rings. The van der Waals surface area contributed by atoms with Crippen molar-refractivity contribution in [1.29, 1.82) is 0 Å². The minimum atomic E-state index is -1.05. The number of nitrogens with two attached hydrogens (primary N) is 2. The molecule has 0 aromatic heterocycles. The van der Waals surface area contributed by atoms with Crippen LogP contribution < -0.4 is 20.9 Å². The van der Waals surface area contributed by atoms with Crippen molar-refractivity contribution in [2.75, 3.05) is 33.4 Å². The van der Waals surface area contributed by atoms with Gasteiger partial charge >= 0.3 is 5.97 Å². The maximum atomic E-state index is 13.3. The minimum absolute atomic E-state index is 0.0939. The van der Waals surface area contributed by atoms with Crippen molar-refractivity contribution in [2.45, 2.75) is 24.7 Å². The van der Waals surface area contributed by atoms with Gasteiger partial charge in [0.25, 0.3) is 5.69 Å². The van der Waals surface area contributed by atoms with Crippen LogP contribution in [0.4, 0.5) is 5.69 Å². The second-order valence-corrected chi connectivity index (χ2v) is 8.81. The van der Waals surface area contributed by atoms with Gasteiger partial charge < -0.3 is 25.7 Å². The average molecular weight is 506 g/mol. The van der Waals surface area contributed by atoms with Gasteiger partial charge in [-0.15, -0.1) is 0 Å². The Morgan fingerprint density at radius 2 is 1.65 bits per heavy atom. The zero-order valence-corrected chi connectivity index (χ0v) is 20.7. The summed E-state index contributed by atoms with van der Waals surface area (Å²) < 4.78 is 16.9. The molecule has 0 fully saturated rings. The number of rotatable bonds is 12. The van der Waals surface area contributed by atoms with Gasteiger partial charge in [-0.3, -0.25) is 14.9 Å². The molecule has 0 saturated carbocycles. The molecular formula is C28H31N3O6. The Hall–Kier alpha value is -3.95. The first-order valence-corrected chi connectivity index (χ1v) is 12.2. The lowest BCUT2D eigenvalue weighted by molar-refractivity contribution is -0.385. The van der Waals surface area contributed by atoms with Crippen molar-refractivity contribution in [3.05, 3.63) is 87.5 Å². The predicted octanol–water partition coefficient (Wildman–Crippen LogP) is 4.12. The van der Waals surface area contributed by atoms with Crippen LogP contribution in [-0.4, -0.2) is 44.3 Å². The summed E-state index contributed by atoms with van der Waals surface area (Å²) in [4.78, 5) is 24.6. The number of hydrogen-bond acceptors (Lipinski definition) is 8. The van der Waals surface area contributed by atoms with E-state index in [-0.39, 0.29) is 41.8 Å². The molecule has 0 amide bonds. The van der Waals surface area contributed by atoms with Crippen molar-refractivity contribution in [1.82, 2.24) is 0 Å². The van der Waals surface area contributed by atoms with Crippen molar-refractivity contribution >= 4 is 11.7 Å². The highest BCUT2D eigenvalue weighted by Crippen LogP contribution is 2.45. The number of unbranched alkanes of at least 4 members (excludes halogenated alkanes) is 1. The van der Waals surface area contributed by atoms with Gasteiger partial charge in [-0.2, -0.15) is 0 Å². The van der Waals surface area contributed by atoms with Crippen LogP contribution in [0.5, 0.6) is 11.5 Å². The normalized spacial score (nSPS) is 12.9. The molecule has 4 rings (SSSR count). The number of carbonyl (C=O) groups excluding carboxylic acids is 1. The molecule has 1 aliphatic rings. The summed E-state index contributed by atoms with van der Waals surface area (Å²) in [6.45, 7) is 0.780. The van der Waals surface area contributed by atoms with Gasteiger partial charge in [0.05, 0.1) is 24.7 Å². The first-order chi connectivity index (χ1) is 18.0. The van der Waals surface area contributed by atoms with E-state index in [0.717, 1.165) is 28.7 Å². The Labute approximate surface area is 215 Å². The predicted molar refractivity (Wildman–Crippen MR) is 140 cm³/mol. The lowest BCUT2D eigenvalue weighted by atomic mass is 9.96. The smallest absolute Gasteiger partial charge is 0.315 e. The van der Waals surface area contributed by atoms with Crippen LogP contribution in [-0.2, 0) is 9.53 Å². The highest BCUT2D eigenvalue weighted by atomic mass is 16.6. The molecular weight excluding hydrogens is 474 g/mol. The zero-order chi connectivity index (χ0) is 26.4. The quantitative estimate of drug-likeness (QED) is 0.162. The van der Waals surface area contributed by atoms with E-state index < -0.39 is 16.8 Å². The number of ether oxygens (including phenoxy) is 3. The molecule has 37 heavy (non-hydrogen) atoms. The van der Waals surface area contributed by atoms with Gasteiger partial charge in [-0.05, 0) is 47.7 Å². The number of carbonyl (C=O) groups is 1. The maximum Gasteiger partial charge on any atom is 0.315 e. The topological polar surface area (TPSA) is 140 Å². The highest BCUT2D eigenvalue weighted by Gasteiger charge is 2.33. The number of nitro groups is 1. The number of benzene rings is 3. The van der Waals surface area contributed by atoms with Crippen LogP contribution in [0.1, 0.15) is 41.4 Å². The van der Waals surface area contributed by atoms with Gasteiger partial charge in [-0.1, -0.05) is 48.5 Å². The number of nitro benzene ring substituents is 1. The molecule has 194 valence electrons. The van der Waals surface area contributed by atoms with Crippen LogP contribution in [0.2, 0.25) is 0 Å². The Morgan fingerprint density at radius 3 is 2.22 bits per heavy atom. The summed E-state index contributed by atoms with van der Waals surface area (Å²) in [5.74, 6) is -1.32. The van der Waals surface area contributed by atoms with Crippen molar-refractivity contribution in [2.24, 2.45) is 11.5 Å². The molecule has 0 spiro atoms. The molecule has 9 heteroatoms. The van der Waals surface area contributed by atoms with Gasteiger partial charge in [0.15, 0.2) is 11.5 Å². The fourth-order valence-electron chi connectivity index (χ4n) is 4.76. The fourth-order valence-corrected chi connectivity index (χ4v) is 4.76. The summed E-state index contributed by atoms with van der Waals surface area (Å²) in [6.07, 6.45) is 1.46. The summed E-state index contributed by atoms with van der Waals surface area (Å²) in [5.41, 5.74) is 15.7. The number of nitrogens with zero attached hydrogens (tertiary/aromatic N) is 1. The summed E-state index contributed by atoms with van der Waals surface area (Å²) >= 11 is 0. The summed E-state index contributed by atoms with van der Waals surface area (Å²) in [6, 6.07) is 18.7. The standard InChI is InChI=1S/C28H31N3O6/c1-35-26-14-22(25(31(33)34)15-27(26)36-13-7-6-12-29)23(16-30)28(32)37-17-24-20-10-4-2-8-18(20)19-9-3-5-11-21(19)24/h2-5,8-11,14-15,23-24H,6-7,12-13,16-17,29-30H2,1H3. The third-order valence-corrected chi connectivity index (χ3v) is 6.62. The van der Waals surface area contributed by atoms with E-state index in [2.05, 4.69) is 0 Å². The van der Waals surface area contributed by atoms with E-state index in [1.54, 1.807) is 0 Å². The van der Waals surface area contributed by atoms with Crippen molar-refractivity contribution < 1.29 is 23.9 Å². The van der Waals surface area contributed by atoms with Crippen LogP contribution in [0.3, 0.4) is 0 Å². The van der Waals surface area contributed by atoms with Crippen LogP contribution in [0.15, 0.2) is 60.7 Å². The molecule has 4 N–H and O–H groups in total. The molecule has 0 bridgehead atoms. The van der Waals surface area contributed by atoms with E-state index in [0.29, 0.717) is 19.6 Å². The third kappa shape index (κ3) is 5.42. The second-order valence-electron chi connectivity index (χ2n) is 8.81. The first-order valence-electron chi connectivity index (χ1n) is 12.2. The van der Waals surface area contributed by atoms with E-state index in [4.69, 9.17) is 25.7 Å². The van der Waals surface area contributed by atoms with E-state index >= 15 is 0 Å². The molecule has 0 heterocycles. The van der Waals surface area contributed by atoms with Gasteiger partial charge in [0.1, 0.15) is 12.5 Å². The maximum absolute atomic E-state index is 13.3. The van der Waals surface area contributed by atoms with E-state index in [9.17, 15) is 14.9 Å². The van der Waals surface area contributed by atoms with Crippen molar-refractivity contribution in [3.63, 3.8) is 0 Å². The lowest BCUT2D eigenvalue weighted by Crippen LogP contribution is -2.26. The van der Waals surface area contributed by atoms with Gasteiger partial charge in [-0.25, -0.2) is 0 Å². The highest BCUT2D eigenvalue weighted by molar-refractivity contribution is 5.82. The molecule has 3 aromatic carbocycles. The molecule has 1 atom stereocenters. The summed E-state index contributed by atoms with van der Waals surface area (Å²) in [5, 5.41) is 11.9. The SMILES string of the molecule is COc1cc(C(CN)C(=O)OCC2c3ccccc3-c3ccccc32)c([N+](=O)[O-])cc1OCCCCN. The molecule has 9 nitrogen and oxygen atoms in total. The van der Waals surface area contributed by atoms with E-state index in [1.165, 1.54) is 19.2 Å². The summed E-state index contributed by atoms with van der Waals surface area (Å²) in [7, 11) is 1.43. The number of hydrogen-bond donors (Lipinski definition) is 2. The zero-order valence-electron chi connectivity index (χ0n) is 20.7. The van der Waals surface area contributed by atoms with Crippen LogP contribution >= 0.6 is 0 Å². The Morgan fingerprint density at radius 1 is 1.00 bits per heavy atom. The first kappa shape index (κ1) is 26.1. The Balaban J connectivity index is 1.57. The average Bonchev–Trinajstić information content (AvgIpc) is 3.24. The Kier molecular flexibility index (Phi) is 8.37. The van der Waals surface area contributed by atoms with E-state index in [1.807, 2.05) is 48.5 Å². The van der Waals surface area contributed by atoms with Crippen LogP contribution in [0, 0.1) is 10.1 Å². The molecule has 1 unspecified atom stereocenters. The second kappa shape index (κ2) is 11.9. The molecule has 0 aliphatic heterocycles. The largest absolute Gasteiger partial charge is 0.493 e. The molecule has 0 radical (unpaired) electrons. The fraction of sp³-hybridized carbons (Fsp3) is 0.321. The molecule has 1 aliphatic carbocycles. The molecule has 0 saturated heterocycles. The monoisotopic (exact) mass is 505 g/mol. The van der Waals surface area contributed by atoms with Gasteiger partial charge in [0, 0.05) is 18.0 Å². The van der Waals surface area contributed by atoms with Crippen LogP contribution in [0.25, 0.3) is 11.1 Å².